The van der Waals surface area contributed by atoms with E-state index in [2.05, 4.69) is 92.8 Å². The Bertz CT molecular complexity index is 3200. The third-order valence-electron chi connectivity index (χ3n) is 21.0. The van der Waals surface area contributed by atoms with Crippen molar-refractivity contribution in [2.45, 2.75) is 327 Å². The van der Waals surface area contributed by atoms with Gasteiger partial charge in [-0.25, -0.2) is 4.68 Å². The average Bonchev–Trinajstić information content (AvgIpc) is 1.14. The second-order valence-electron chi connectivity index (χ2n) is 29.7. The predicted octanol–water partition coefficient (Wildman–Crippen LogP) is 23.6. The van der Waals surface area contributed by atoms with E-state index >= 15 is 0 Å². The van der Waals surface area contributed by atoms with E-state index in [-0.39, 0.29) is 19.8 Å². The molecule has 0 amide bonds. The number of rotatable bonds is 62. The van der Waals surface area contributed by atoms with Crippen LogP contribution >= 0.6 is 0 Å². The van der Waals surface area contributed by atoms with Crippen LogP contribution in [-0.2, 0) is 84.0 Å². The van der Waals surface area contributed by atoms with Crippen LogP contribution in [-0.4, -0.2) is 85.3 Å². The number of hydrogen-bond donors (Lipinski definition) is 0. The maximum atomic E-state index is 7.53. The summed E-state index contributed by atoms with van der Waals surface area (Å²) >= 11 is 0. The van der Waals surface area contributed by atoms with Crippen LogP contribution < -0.4 is 9.47 Å². The van der Waals surface area contributed by atoms with Crippen molar-refractivity contribution in [2.75, 3.05) is 27.4 Å². The molecule has 0 saturated carbocycles. The number of aromatic nitrogens is 3. The number of methoxy groups -OCH3 is 2. The molecule has 1 aliphatic heterocycles. The lowest BCUT2D eigenvalue weighted by Crippen LogP contribution is -2.62. The first-order valence-electron chi connectivity index (χ1n) is 41.7. The van der Waals surface area contributed by atoms with Crippen LogP contribution in [0.5, 0.6) is 11.5 Å². The van der Waals surface area contributed by atoms with Crippen molar-refractivity contribution in [2.24, 2.45) is 0 Å². The minimum atomic E-state index is -0.992. The Morgan fingerprint density at radius 3 is 1.16 bits per heavy atom. The molecule has 582 valence electrons. The van der Waals surface area contributed by atoms with Gasteiger partial charge in [-0.1, -0.05) is 370 Å². The molecule has 1 saturated heterocycles. The summed E-state index contributed by atoms with van der Waals surface area (Å²) in [5.41, 5.74) is 7.08. The van der Waals surface area contributed by atoms with Crippen molar-refractivity contribution in [3.63, 3.8) is 0 Å². The van der Waals surface area contributed by atoms with Crippen molar-refractivity contribution in [1.29, 1.82) is 0 Å². The van der Waals surface area contributed by atoms with Gasteiger partial charge in [0.1, 0.15) is 48.1 Å². The van der Waals surface area contributed by atoms with Gasteiger partial charge in [0, 0.05) is 6.20 Å². The molecule has 2 heterocycles. The highest BCUT2D eigenvalue weighted by Crippen LogP contribution is 2.35. The number of ether oxygens (including phenoxy) is 10. The van der Waals surface area contributed by atoms with E-state index in [1.165, 1.54) is 186 Å². The van der Waals surface area contributed by atoms with Gasteiger partial charge in [0.05, 0.1) is 78.9 Å². The molecule has 1 fully saturated rings. The fraction of sp³-hybridized carbons (Fsp3) is 0.591. The van der Waals surface area contributed by atoms with Crippen molar-refractivity contribution < 1.29 is 47.4 Å². The first-order valence-corrected chi connectivity index (χ1v) is 41.7. The van der Waals surface area contributed by atoms with Crippen molar-refractivity contribution in [3.05, 3.63) is 215 Å². The van der Waals surface area contributed by atoms with Crippen LogP contribution in [0.15, 0.2) is 176 Å². The molecule has 13 heteroatoms. The number of hydrogen-bond acceptors (Lipinski definition) is 12. The maximum absolute atomic E-state index is 7.53. The summed E-state index contributed by atoms with van der Waals surface area (Å²) in [6.45, 7) is 6.78. The summed E-state index contributed by atoms with van der Waals surface area (Å²) in [7, 11) is 3.40. The van der Waals surface area contributed by atoms with Crippen LogP contribution in [0.3, 0.4) is 0 Å². The summed E-state index contributed by atoms with van der Waals surface area (Å²) in [6, 6.07) is 56.8. The lowest BCUT2D eigenvalue weighted by Gasteiger charge is -2.46. The largest absolute Gasteiger partial charge is 0.497 e. The Balaban J connectivity index is 1.05. The Hall–Kier alpha value is -6.26. The molecular weight excluding hydrogens is 1320 g/mol. The van der Waals surface area contributed by atoms with Crippen LogP contribution in [0.1, 0.15) is 277 Å². The predicted molar refractivity (Wildman–Crippen MR) is 430 cm³/mol. The third kappa shape index (κ3) is 34.1. The van der Waals surface area contributed by atoms with Crippen LogP contribution in [0.2, 0.25) is 0 Å². The normalized spacial score (nSPS) is 16.8. The molecule has 1 aromatic heterocycles. The van der Waals surface area contributed by atoms with Gasteiger partial charge in [0.2, 0.25) is 0 Å². The van der Waals surface area contributed by atoms with Crippen LogP contribution in [0.25, 0.3) is 0 Å². The standard InChI is InChI=1S/C93H135N3O10/c1-5-7-9-11-13-15-17-19-20-21-22-23-24-25-26-27-28-30-32-34-48-58-83-68-96(95-94-83)86(89(101-74-82-62-66-85(98-4)67-63-82)87(100-70-81-60-64-84(97-3)65-61-81)59-49-35-33-31-29-18-16-14-12-10-8-6-2)75-105-93-92(104-73-80-56-46-39-47-57-80)91(103-72-79-54-44-38-45-55-79)90(102-71-78-52-42-37-43-53-78)88(106-93)76-99-69-77-50-40-36-41-51-77/h36-47,50-57,60-68,86-93H,5-35,48-49,58-59,69-76H2,1-4H3/t86-,87+,88?,89-,90-,91-,92+,93-/m0/s1. The molecule has 0 aliphatic carbocycles. The summed E-state index contributed by atoms with van der Waals surface area (Å²) in [4.78, 5) is 0. The number of nitrogens with zero attached hydrogens (tertiary/aromatic N) is 3. The average molecular weight is 1460 g/mol. The van der Waals surface area contributed by atoms with E-state index in [9.17, 15) is 0 Å². The molecule has 1 aliphatic rings. The zero-order valence-electron chi connectivity index (χ0n) is 65.7. The lowest BCUT2D eigenvalue weighted by molar-refractivity contribution is -0.331. The fourth-order valence-corrected chi connectivity index (χ4v) is 14.6. The SMILES string of the molecule is CCCCCCCCCCCCCCCCCCCCCCCc1cn([C@@H](CO[C@H]2OC(COCc3ccccc3)[C@H](OCc3ccccc3)[C@H](OCc3ccccc3)[C@H]2OCc2ccccc2)[C@H](OCc2ccc(OC)cc2)[C@@H](CCCCCCCCCCCCCC)OCc2ccc(OC)cc2)nn1. The number of benzene rings is 6. The summed E-state index contributed by atoms with van der Waals surface area (Å²) in [5, 5.41) is 10.1. The molecular formula is C93H135N3O10. The maximum Gasteiger partial charge on any atom is 0.187 e. The first-order chi connectivity index (χ1) is 52.5. The molecule has 6 aromatic carbocycles. The second kappa shape index (κ2) is 54.4. The minimum absolute atomic E-state index is 0.0880. The van der Waals surface area contributed by atoms with Crippen molar-refractivity contribution >= 4 is 0 Å². The van der Waals surface area contributed by atoms with Gasteiger partial charge in [-0.2, -0.15) is 0 Å². The molecule has 1 unspecified atom stereocenters. The van der Waals surface area contributed by atoms with Gasteiger partial charge < -0.3 is 47.4 Å². The fourth-order valence-electron chi connectivity index (χ4n) is 14.6. The molecule has 0 spiro atoms. The summed E-state index contributed by atoms with van der Waals surface area (Å²) < 4.78 is 71.2. The van der Waals surface area contributed by atoms with E-state index in [1.807, 2.05) is 102 Å². The van der Waals surface area contributed by atoms with E-state index in [1.54, 1.807) is 14.2 Å². The van der Waals surface area contributed by atoms with Crippen LogP contribution in [0.4, 0.5) is 0 Å². The molecule has 0 radical (unpaired) electrons. The Morgan fingerprint density at radius 2 is 0.736 bits per heavy atom. The van der Waals surface area contributed by atoms with Crippen molar-refractivity contribution in [1.82, 2.24) is 15.0 Å². The Labute approximate surface area is 640 Å². The summed E-state index contributed by atoms with van der Waals surface area (Å²) in [6.07, 6.45) is 42.3. The van der Waals surface area contributed by atoms with Gasteiger partial charge in [0.15, 0.2) is 6.29 Å². The monoisotopic (exact) mass is 1450 g/mol. The number of unbranched alkanes of at least 4 members (excludes halogenated alkanes) is 31. The topological polar surface area (TPSA) is 123 Å². The van der Waals surface area contributed by atoms with Crippen molar-refractivity contribution in [3.8, 4) is 11.5 Å². The van der Waals surface area contributed by atoms with E-state index < -0.39 is 49.0 Å². The minimum Gasteiger partial charge on any atom is -0.497 e. The summed E-state index contributed by atoms with van der Waals surface area (Å²) in [5.74, 6) is 1.58. The molecule has 13 nitrogen and oxygen atoms in total. The second-order valence-corrected chi connectivity index (χ2v) is 29.7. The van der Waals surface area contributed by atoms with Gasteiger partial charge >= 0.3 is 0 Å². The quantitative estimate of drug-likeness (QED) is 0.0337. The Morgan fingerprint density at radius 1 is 0.368 bits per heavy atom. The highest BCUT2D eigenvalue weighted by molar-refractivity contribution is 5.28. The molecule has 8 rings (SSSR count). The van der Waals surface area contributed by atoms with Gasteiger partial charge in [0.25, 0.3) is 0 Å². The molecule has 0 N–H and O–H groups in total. The number of aryl methyl sites for hydroxylation is 1. The van der Waals surface area contributed by atoms with Crippen LogP contribution in [0, 0.1) is 0 Å². The smallest absolute Gasteiger partial charge is 0.187 e. The van der Waals surface area contributed by atoms with E-state index in [0.717, 1.165) is 89.1 Å². The molecule has 106 heavy (non-hydrogen) atoms. The third-order valence-corrected chi connectivity index (χ3v) is 21.0. The highest BCUT2D eigenvalue weighted by Gasteiger charge is 2.50. The highest BCUT2D eigenvalue weighted by atomic mass is 16.7. The lowest BCUT2D eigenvalue weighted by atomic mass is 9.97. The molecule has 8 atom stereocenters. The van der Waals surface area contributed by atoms with Gasteiger partial charge in [-0.15, -0.1) is 5.10 Å². The zero-order valence-corrected chi connectivity index (χ0v) is 65.7. The van der Waals surface area contributed by atoms with Gasteiger partial charge in [-0.05, 0) is 76.9 Å². The molecule has 0 bridgehead atoms. The first kappa shape index (κ1) is 85.3. The molecule has 7 aromatic rings. The Kier molecular flexibility index (Phi) is 43.8. The van der Waals surface area contributed by atoms with E-state index in [0.29, 0.717) is 33.0 Å². The zero-order chi connectivity index (χ0) is 73.8. The van der Waals surface area contributed by atoms with Gasteiger partial charge in [-0.3, -0.25) is 0 Å². The van der Waals surface area contributed by atoms with E-state index in [4.69, 9.17) is 57.7 Å².